The van der Waals surface area contributed by atoms with Crippen molar-refractivity contribution < 1.29 is 4.52 Å². The second-order valence-corrected chi connectivity index (χ2v) is 3.12. The molecule has 0 aliphatic carbocycles. The van der Waals surface area contributed by atoms with Crippen molar-refractivity contribution in [2.75, 3.05) is 0 Å². The van der Waals surface area contributed by atoms with Gasteiger partial charge in [0.05, 0.1) is 5.41 Å². The smallest absolute Gasteiger partial charge is 0.236 e. The van der Waals surface area contributed by atoms with Gasteiger partial charge < -0.3 is 4.52 Å². The van der Waals surface area contributed by atoms with Crippen LogP contribution in [-0.4, -0.2) is 10.1 Å². The molecule has 0 saturated carbocycles. The fraction of sp³-hybridized carbons (Fsp3) is 0.556. The highest BCUT2D eigenvalue weighted by atomic mass is 16.5. The SMILES string of the molecule is C=CC(C)(CC)c1nc(C)no1. The number of allylic oxidation sites excluding steroid dienone is 1. The zero-order valence-electron chi connectivity index (χ0n) is 7.79. The Labute approximate surface area is 72.5 Å². The third-order valence-corrected chi connectivity index (χ3v) is 2.20. The van der Waals surface area contributed by atoms with Crippen molar-refractivity contribution in [3.05, 3.63) is 24.4 Å². The van der Waals surface area contributed by atoms with Gasteiger partial charge in [-0.05, 0) is 20.3 Å². The largest absolute Gasteiger partial charge is 0.338 e. The Kier molecular flexibility index (Phi) is 2.31. The van der Waals surface area contributed by atoms with Crippen molar-refractivity contribution in [2.45, 2.75) is 32.6 Å². The molecule has 1 rings (SSSR count). The molecule has 3 heteroatoms. The van der Waals surface area contributed by atoms with E-state index in [-0.39, 0.29) is 5.41 Å². The van der Waals surface area contributed by atoms with Gasteiger partial charge >= 0.3 is 0 Å². The fourth-order valence-corrected chi connectivity index (χ4v) is 0.912. The van der Waals surface area contributed by atoms with Gasteiger partial charge in [0.2, 0.25) is 5.89 Å². The summed E-state index contributed by atoms with van der Waals surface area (Å²) >= 11 is 0. The van der Waals surface area contributed by atoms with Gasteiger partial charge in [-0.25, -0.2) is 0 Å². The van der Waals surface area contributed by atoms with E-state index in [1.165, 1.54) is 0 Å². The molecule has 12 heavy (non-hydrogen) atoms. The monoisotopic (exact) mass is 166 g/mol. The first kappa shape index (κ1) is 8.97. The summed E-state index contributed by atoms with van der Waals surface area (Å²) in [4.78, 5) is 4.18. The van der Waals surface area contributed by atoms with Gasteiger partial charge in [0.15, 0.2) is 5.82 Å². The molecule has 3 nitrogen and oxygen atoms in total. The van der Waals surface area contributed by atoms with Crippen LogP contribution in [0.15, 0.2) is 17.2 Å². The Balaban J connectivity index is 3.02. The minimum atomic E-state index is -0.179. The van der Waals surface area contributed by atoms with E-state index in [9.17, 15) is 0 Å². The molecule has 0 bridgehead atoms. The van der Waals surface area contributed by atoms with Crippen molar-refractivity contribution >= 4 is 0 Å². The maximum Gasteiger partial charge on any atom is 0.236 e. The van der Waals surface area contributed by atoms with Gasteiger partial charge in [0.1, 0.15) is 0 Å². The Morgan fingerprint density at radius 1 is 1.67 bits per heavy atom. The van der Waals surface area contributed by atoms with Gasteiger partial charge in [-0.2, -0.15) is 4.98 Å². The molecule has 0 aliphatic rings. The standard InChI is InChI=1S/C9H14N2O/c1-5-9(4,6-2)8-10-7(3)11-12-8/h5H,1,6H2,2-4H3. The topological polar surface area (TPSA) is 38.9 Å². The summed E-state index contributed by atoms with van der Waals surface area (Å²) in [5.74, 6) is 1.32. The number of aromatic nitrogens is 2. The van der Waals surface area contributed by atoms with Crippen molar-refractivity contribution in [1.82, 2.24) is 10.1 Å². The summed E-state index contributed by atoms with van der Waals surface area (Å²) in [5.41, 5.74) is -0.179. The number of aryl methyl sites for hydroxylation is 1. The average Bonchev–Trinajstić information content (AvgIpc) is 2.51. The lowest BCUT2D eigenvalue weighted by molar-refractivity contribution is 0.320. The van der Waals surface area contributed by atoms with E-state index in [0.717, 1.165) is 6.42 Å². The van der Waals surface area contributed by atoms with Crippen LogP contribution in [0.1, 0.15) is 32.0 Å². The Hall–Kier alpha value is -1.12. The Morgan fingerprint density at radius 3 is 2.67 bits per heavy atom. The fourth-order valence-electron chi connectivity index (χ4n) is 0.912. The molecule has 1 heterocycles. The van der Waals surface area contributed by atoms with Crippen LogP contribution in [-0.2, 0) is 5.41 Å². The third-order valence-electron chi connectivity index (χ3n) is 2.20. The molecular formula is C9H14N2O. The summed E-state index contributed by atoms with van der Waals surface area (Å²) in [6.45, 7) is 9.68. The van der Waals surface area contributed by atoms with E-state index < -0.39 is 0 Å². The predicted molar refractivity (Wildman–Crippen MR) is 46.9 cm³/mol. The highest BCUT2D eigenvalue weighted by molar-refractivity contribution is 5.11. The molecule has 0 radical (unpaired) electrons. The molecule has 1 atom stereocenters. The molecular weight excluding hydrogens is 152 g/mol. The molecule has 66 valence electrons. The second kappa shape index (κ2) is 3.09. The van der Waals surface area contributed by atoms with Crippen LogP contribution < -0.4 is 0 Å². The van der Waals surface area contributed by atoms with Crippen molar-refractivity contribution in [3.63, 3.8) is 0 Å². The van der Waals surface area contributed by atoms with Crippen LogP contribution in [0.3, 0.4) is 0 Å². The Bertz CT molecular complexity index is 280. The highest BCUT2D eigenvalue weighted by Gasteiger charge is 2.26. The summed E-state index contributed by atoms with van der Waals surface area (Å²) in [7, 11) is 0. The first-order valence-corrected chi connectivity index (χ1v) is 4.07. The number of nitrogens with zero attached hydrogens (tertiary/aromatic N) is 2. The van der Waals surface area contributed by atoms with Crippen molar-refractivity contribution in [2.24, 2.45) is 0 Å². The van der Waals surface area contributed by atoms with Crippen molar-refractivity contribution in [3.8, 4) is 0 Å². The lowest BCUT2D eigenvalue weighted by atomic mass is 9.88. The average molecular weight is 166 g/mol. The van der Waals surface area contributed by atoms with Crippen LogP contribution in [0.25, 0.3) is 0 Å². The van der Waals surface area contributed by atoms with Crippen LogP contribution in [0.5, 0.6) is 0 Å². The van der Waals surface area contributed by atoms with Crippen LogP contribution in [0, 0.1) is 6.92 Å². The first-order chi connectivity index (χ1) is 5.62. The van der Waals surface area contributed by atoms with E-state index in [0.29, 0.717) is 11.7 Å². The van der Waals surface area contributed by atoms with E-state index in [1.807, 2.05) is 19.9 Å². The zero-order chi connectivity index (χ0) is 9.19. The van der Waals surface area contributed by atoms with Crippen LogP contribution in [0.2, 0.25) is 0 Å². The lowest BCUT2D eigenvalue weighted by Gasteiger charge is -2.17. The summed E-state index contributed by atoms with van der Waals surface area (Å²) in [6.07, 6.45) is 2.76. The second-order valence-electron chi connectivity index (χ2n) is 3.12. The maximum atomic E-state index is 5.08. The van der Waals surface area contributed by atoms with Crippen molar-refractivity contribution in [1.29, 1.82) is 0 Å². The summed E-state index contributed by atoms with van der Waals surface area (Å²) < 4.78 is 5.08. The minimum Gasteiger partial charge on any atom is -0.338 e. The summed E-state index contributed by atoms with van der Waals surface area (Å²) in [5, 5.41) is 3.74. The van der Waals surface area contributed by atoms with E-state index in [4.69, 9.17) is 4.52 Å². The molecule has 0 spiro atoms. The molecule has 0 saturated heterocycles. The molecule has 0 aliphatic heterocycles. The number of rotatable bonds is 3. The lowest BCUT2D eigenvalue weighted by Crippen LogP contribution is -2.17. The summed E-state index contributed by atoms with van der Waals surface area (Å²) in [6, 6.07) is 0. The quantitative estimate of drug-likeness (QED) is 0.646. The van der Waals surface area contributed by atoms with Crippen LogP contribution >= 0.6 is 0 Å². The molecule has 1 unspecified atom stereocenters. The minimum absolute atomic E-state index is 0.179. The molecule has 0 N–H and O–H groups in total. The maximum absolute atomic E-state index is 5.08. The van der Waals surface area contributed by atoms with E-state index in [1.54, 1.807) is 0 Å². The van der Waals surface area contributed by atoms with Gasteiger partial charge in [-0.1, -0.05) is 18.2 Å². The van der Waals surface area contributed by atoms with E-state index in [2.05, 4.69) is 23.6 Å². The molecule has 0 amide bonds. The van der Waals surface area contributed by atoms with Gasteiger partial charge in [0.25, 0.3) is 0 Å². The highest BCUT2D eigenvalue weighted by Crippen LogP contribution is 2.26. The number of hydrogen-bond acceptors (Lipinski definition) is 3. The Morgan fingerprint density at radius 2 is 2.33 bits per heavy atom. The van der Waals surface area contributed by atoms with Gasteiger partial charge in [-0.15, -0.1) is 6.58 Å². The normalized spacial score (nSPS) is 15.6. The van der Waals surface area contributed by atoms with Gasteiger partial charge in [-0.3, -0.25) is 0 Å². The van der Waals surface area contributed by atoms with E-state index >= 15 is 0 Å². The molecule has 1 aromatic rings. The molecule has 1 aromatic heterocycles. The zero-order valence-corrected chi connectivity index (χ0v) is 7.79. The van der Waals surface area contributed by atoms with Crippen LogP contribution in [0.4, 0.5) is 0 Å². The third kappa shape index (κ3) is 1.40. The predicted octanol–water partition coefficient (Wildman–Crippen LogP) is 2.23. The molecule has 0 aromatic carbocycles. The van der Waals surface area contributed by atoms with Gasteiger partial charge in [0, 0.05) is 0 Å². The first-order valence-electron chi connectivity index (χ1n) is 4.07. The molecule has 0 fully saturated rings. The number of hydrogen-bond donors (Lipinski definition) is 0.